The van der Waals surface area contributed by atoms with Crippen molar-refractivity contribution in [3.05, 3.63) is 34.3 Å². The summed E-state index contributed by atoms with van der Waals surface area (Å²) in [5.74, 6) is 0.0977. The molecule has 0 aromatic heterocycles. The van der Waals surface area contributed by atoms with E-state index in [-0.39, 0.29) is 18.0 Å². The molecule has 0 radical (unpaired) electrons. The van der Waals surface area contributed by atoms with Gasteiger partial charge >= 0.3 is 0 Å². The van der Waals surface area contributed by atoms with Crippen LogP contribution in [0.25, 0.3) is 0 Å². The first-order valence-corrected chi connectivity index (χ1v) is 7.06. The zero-order chi connectivity index (χ0) is 13.5. The van der Waals surface area contributed by atoms with Crippen molar-refractivity contribution in [2.45, 2.75) is 39.3 Å². The second kappa shape index (κ2) is 7.54. The summed E-state index contributed by atoms with van der Waals surface area (Å²) < 4.78 is 1.08. The van der Waals surface area contributed by atoms with E-state index in [0.717, 1.165) is 4.47 Å². The van der Waals surface area contributed by atoms with Gasteiger partial charge in [-0.15, -0.1) is 0 Å². The first kappa shape index (κ1) is 15.2. The van der Waals surface area contributed by atoms with Gasteiger partial charge in [0.15, 0.2) is 0 Å². The van der Waals surface area contributed by atoms with Crippen molar-refractivity contribution in [2.24, 2.45) is 0 Å². The number of rotatable bonds is 6. The normalized spacial score (nSPS) is 12.5. The predicted molar refractivity (Wildman–Crippen MR) is 78.5 cm³/mol. The molecule has 4 heteroatoms. The summed E-state index contributed by atoms with van der Waals surface area (Å²) in [5.41, 5.74) is 1.22. The van der Waals surface area contributed by atoms with Gasteiger partial charge < -0.3 is 10.6 Å². The maximum atomic E-state index is 11.5. The maximum absolute atomic E-state index is 11.5. The molecule has 18 heavy (non-hydrogen) atoms. The molecular formula is C14H21BrN2O. The fourth-order valence-electron chi connectivity index (χ4n) is 1.67. The van der Waals surface area contributed by atoms with Crippen LogP contribution in [0, 0.1) is 0 Å². The highest BCUT2D eigenvalue weighted by molar-refractivity contribution is 9.10. The standard InChI is InChI=1S/C14H21BrN2O/c1-10(2)17-14(18)8-9-16-11(3)12-4-6-13(15)7-5-12/h4-7,10-11,16H,8-9H2,1-3H3,(H,17,18)/t11-/m1/s1. The van der Waals surface area contributed by atoms with Crippen molar-refractivity contribution in [2.75, 3.05) is 6.54 Å². The summed E-state index contributed by atoms with van der Waals surface area (Å²) in [6.07, 6.45) is 0.513. The molecule has 100 valence electrons. The van der Waals surface area contributed by atoms with Crippen molar-refractivity contribution in [1.29, 1.82) is 0 Å². The lowest BCUT2D eigenvalue weighted by atomic mass is 10.1. The molecule has 0 saturated heterocycles. The van der Waals surface area contributed by atoms with E-state index in [2.05, 4.69) is 45.6 Å². The lowest BCUT2D eigenvalue weighted by Crippen LogP contribution is -2.33. The Morgan fingerprint density at radius 1 is 1.22 bits per heavy atom. The highest BCUT2D eigenvalue weighted by atomic mass is 79.9. The van der Waals surface area contributed by atoms with E-state index >= 15 is 0 Å². The molecule has 0 aliphatic rings. The van der Waals surface area contributed by atoms with Gasteiger partial charge in [-0.05, 0) is 38.5 Å². The van der Waals surface area contributed by atoms with E-state index in [9.17, 15) is 4.79 Å². The minimum absolute atomic E-state index is 0.0977. The van der Waals surface area contributed by atoms with Crippen LogP contribution < -0.4 is 10.6 Å². The highest BCUT2D eigenvalue weighted by Crippen LogP contribution is 2.16. The van der Waals surface area contributed by atoms with E-state index in [1.165, 1.54) is 5.56 Å². The zero-order valence-electron chi connectivity index (χ0n) is 11.2. The second-order valence-corrected chi connectivity index (χ2v) is 5.62. The minimum atomic E-state index is 0.0977. The predicted octanol–water partition coefficient (Wildman–Crippen LogP) is 3.01. The van der Waals surface area contributed by atoms with Crippen LogP contribution in [0.1, 0.15) is 38.8 Å². The first-order chi connectivity index (χ1) is 8.49. The molecule has 0 bridgehead atoms. The lowest BCUT2D eigenvalue weighted by Gasteiger charge is -2.14. The van der Waals surface area contributed by atoms with Crippen molar-refractivity contribution in [3.63, 3.8) is 0 Å². The van der Waals surface area contributed by atoms with Gasteiger partial charge in [-0.2, -0.15) is 0 Å². The van der Waals surface area contributed by atoms with Crippen LogP contribution in [0.3, 0.4) is 0 Å². The van der Waals surface area contributed by atoms with Gasteiger partial charge in [-0.3, -0.25) is 4.79 Å². The number of carbonyl (C=O) groups is 1. The van der Waals surface area contributed by atoms with Crippen LogP contribution >= 0.6 is 15.9 Å². The SMILES string of the molecule is CC(C)NC(=O)CCN[C@H](C)c1ccc(Br)cc1. The van der Waals surface area contributed by atoms with E-state index < -0.39 is 0 Å². The molecule has 0 saturated carbocycles. The quantitative estimate of drug-likeness (QED) is 0.847. The molecule has 1 atom stereocenters. The molecule has 0 spiro atoms. The highest BCUT2D eigenvalue weighted by Gasteiger charge is 2.06. The van der Waals surface area contributed by atoms with Gasteiger partial charge in [-0.1, -0.05) is 28.1 Å². The Morgan fingerprint density at radius 2 is 1.83 bits per heavy atom. The van der Waals surface area contributed by atoms with Crippen molar-refractivity contribution < 1.29 is 4.79 Å². The van der Waals surface area contributed by atoms with Crippen molar-refractivity contribution in [1.82, 2.24) is 10.6 Å². The molecule has 1 rings (SSSR count). The molecule has 1 aromatic rings. The third kappa shape index (κ3) is 5.65. The zero-order valence-corrected chi connectivity index (χ0v) is 12.8. The van der Waals surface area contributed by atoms with Crippen molar-refractivity contribution >= 4 is 21.8 Å². The number of hydrogen-bond donors (Lipinski definition) is 2. The molecule has 1 amide bonds. The topological polar surface area (TPSA) is 41.1 Å². The molecular weight excluding hydrogens is 292 g/mol. The van der Waals surface area contributed by atoms with E-state index in [1.54, 1.807) is 0 Å². The summed E-state index contributed by atoms with van der Waals surface area (Å²) >= 11 is 3.42. The summed E-state index contributed by atoms with van der Waals surface area (Å²) in [4.78, 5) is 11.5. The van der Waals surface area contributed by atoms with Gasteiger partial charge in [0, 0.05) is 29.5 Å². The maximum Gasteiger partial charge on any atom is 0.221 e. The van der Waals surface area contributed by atoms with Gasteiger partial charge in [0.05, 0.1) is 0 Å². The Hall–Kier alpha value is -0.870. The number of hydrogen-bond acceptors (Lipinski definition) is 2. The minimum Gasteiger partial charge on any atom is -0.354 e. The van der Waals surface area contributed by atoms with E-state index in [1.807, 2.05) is 26.0 Å². The number of nitrogens with one attached hydrogen (secondary N) is 2. The largest absolute Gasteiger partial charge is 0.354 e. The van der Waals surface area contributed by atoms with Crippen molar-refractivity contribution in [3.8, 4) is 0 Å². The van der Waals surface area contributed by atoms with Gasteiger partial charge in [0.1, 0.15) is 0 Å². The van der Waals surface area contributed by atoms with Crippen LogP contribution in [-0.2, 0) is 4.79 Å². The molecule has 1 aromatic carbocycles. The van der Waals surface area contributed by atoms with Gasteiger partial charge in [0.2, 0.25) is 5.91 Å². The molecule has 0 aliphatic heterocycles. The number of benzene rings is 1. The fourth-order valence-corrected chi connectivity index (χ4v) is 1.93. The number of amides is 1. The second-order valence-electron chi connectivity index (χ2n) is 4.70. The Kier molecular flexibility index (Phi) is 6.36. The van der Waals surface area contributed by atoms with E-state index in [4.69, 9.17) is 0 Å². The molecule has 0 fully saturated rings. The summed E-state index contributed by atoms with van der Waals surface area (Å²) in [7, 11) is 0. The summed E-state index contributed by atoms with van der Waals surface area (Å²) in [5, 5.41) is 6.22. The van der Waals surface area contributed by atoms with Crippen LogP contribution in [0.5, 0.6) is 0 Å². The molecule has 0 heterocycles. The monoisotopic (exact) mass is 312 g/mol. The lowest BCUT2D eigenvalue weighted by molar-refractivity contribution is -0.121. The Labute approximate surface area is 117 Å². The Morgan fingerprint density at radius 3 is 2.39 bits per heavy atom. The van der Waals surface area contributed by atoms with E-state index in [0.29, 0.717) is 13.0 Å². The smallest absolute Gasteiger partial charge is 0.221 e. The third-order valence-corrected chi connectivity index (χ3v) is 3.15. The Bertz CT molecular complexity index is 376. The van der Waals surface area contributed by atoms with Crippen LogP contribution in [-0.4, -0.2) is 18.5 Å². The first-order valence-electron chi connectivity index (χ1n) is 6.27. The van der Waals surface area contributed by atoms with Gasteiger partial charge in [-0.25, -0.2) is 0 Å². The van der Waals surface area contributed by atoms with Crippen LogP contribution in [0.2, 0.25) is 0 Å². The Balaban J connectivity index is 2.31. The average Bonchev–Trinajstić information content (AvgIpc) is 2.28. The van der Waals surface area contributed by atoms with Gasteiger partial charge in [0.25, 0.3) is 0 Å². The molecule has 0 aliphatic carbocycles. The van der Waals surface area contributed by atoms with Crippen LogP contribution in [0.15, 0.2) is 28.7 Å². The van der Waals surface area contributed by atoms with Crippen LogP contribution in [0.4, 0.5) is 0 Å². The fraction of sp³-hybridized carbons (Fsp3) is 0.500. The summed E-state index contributed by atoms with van der Waals surface area (Å²) in [6, 6.07) is 8.68. The molecule has 3 nitrogen and oxygen atoms in total. The number of halogens is 1. The summed E-state index contributed by atoms with van der Waals surface area (Å²) in [6.45, 7) is 6.73. The number of carbonyl (C=O) groups excluding carboxylic acids is 1. The average molecular weight is 313 g/mol. The molecule has 2 N–H and O–H groups in total. The molecule has 0 unspecified atom stereocenters. The third-order valence-electron chi connectivity index (χ3n) is 2.62.